The second kappa shape index (κ2) is 15.8. The summed E-state index contributed by atoms with van der Waals surface area (Å²) in [6.45, 7) is 0. The van der Waals surface area contributed by atoms with Crippen LogP contribution in [0.3, 0.4) is 0 Å². The van der Waals surface area contributed by atoms with Crippen molar-refractivity contribution in [2.24, 2.45) is 0 Å². The summed E-state index contributed by atoms with van der Waals surface area (Å²) in [6, 6.07) is 16.1. The van der Waals surface area contributed by atoms with Gasteiger partial charge in [-0.25, -0.2) is 9.97 Å². The molecule has 4 aromatic rings. The van der Waals surface area contributed by atoms with Crippen LogP contribution in [0.5, 0.6) is 0 Å². The van der Waals surface area contributed by atoms with Crippen LogP contribution in [0, 0.1) is 0 Å². The Morgan fingerprint density at radius 1 is 0.643 bits per heavy atom. The average Bonchev–Trinajstić information content (AvgIpc) is 3.18. The fourth-order valence-corrected chi connectivity index (χ4v) is 2.88. The summed E-state index contributed by atoms with van der Waals surface area (Å²) in [5.41, 5.74) is 4.28. The number of nitrogens with zero attached hydrogens (tertiary/aromatic N) is 2. The van der Waals surface area contributed by atoms with Crippen molar-refractivity contribution in [1.29, 1.82) is 0 Å². The van der Waals surface area contributed by atoms with Gasteiger partial charge >= 0.3 is 0 Å². The minimum Gasteiger partial charge on any atom is -0.342 e. The Morgan fingerprint density at radius 2 is 1.00 bits per heavy atom. The number of aryl methyl sites for hydroxylation is 2. The molecule has 0 fully saturated rings. The van der Waals surface area contributed by atoms with Gasteiger partial charge < -0.3 is 9.97 Å². The van der Waals surface area contributed by atoms with Crippen LogP contribution >= 0.6 is 50.1 Å². The van der Waals surface area contributed by atoms with E-state index in [9.17, 15) is 0 Å². The van der Waals surface area contributed by atoms with Gasteiger partial charge in [-0.3, -0.25) is 0 Å². The molecule has 0 spiro atoms. The molecule has 0 aliphatic carbocycles. The van der Waals surface area contributed by atoms with Gasteiger partial charge in [0.1, 0.15) is 11.6 Å². The van der Waals surface area contributed by atoms with E-state index in [1.165, 1.54) is 0 Å². The Bertz CT molecular complexity index is 792. The fraction of sp³-hybridized carbons (Fsp3) is 0.222. The average molecular weight is 642 g/mol. The van der Waals surface area contributed by atoms with Crippen LogP contribution in [-0.4, -0.2) is 31.4 Å². The van der Waals surface area contributed by atoms with Gasteiger partial charge in [-0.1, -0.05) is 24.3 Å². The Hall–Kier alpha value is -0.0153. The maximum atomic E-state index is 4.40. The zero-order chi connectivity index (χ0) is 16.8. The van der Waals surface area contributed by atoms with E-state index in [1.54, 1.807) is 0 Å². The first-order chi connectivity index (χ1) is 11.8. The number of aromatic nitrogens is 4. The van der Waals surface area contributed by atoms with Crippen molar-refractivity contribution in [2.45, 2.75) is 12.8 Å². The van der Waals surface area contributed by atoms with Gasteiger partial charge in [-0.15, -0.1) is 24.8 Å². The van der Waals surface area contributed by atoms with Gasteiger partial charge in [-0.2, -0.15) is 25.3 Å². The Labute approximate surface area is 215 Å². The molecule has 0 amide bonds. The number of fused-ring (bicyclic) bond motifs is 2. The van der Waals surface area contributed by atoms with E-state index < -0.39 is 0 Å². The van der Waals surface area contributed by atoms with E-state index in [-0.39, 0.29) is 65.7 Å². The van der Waals surface area contributed by atoms with Crippen LogP contribution < -0.4 is 0 Å². The van der Waals surface area contributed by atoms with E-state index in [2.05, 4.69) is 45.2 Å². The Morgan fingerprint density at radius 3 is 1.32 bits per heavy atom. The zero-order valence-corrected chi connectivity index (χ0v) is 21.2. The maximum absolute atomic E-state index is 4.40. The molecule has 4 rings (SSSR count). The van der Waals surface area contributed by atoms with Crippen molar-refractivity contribution in [2.75, 3.05) is 11.5 Å². The normalized spacial score (nSPS) is 9.21. The molecule has 2 aromatic heterocycles. The first-order valence-electron chi connectivity index (χ1n) is 7.89. The first-order valence-corrected chi connectivity index (χ1v) is 9.15. The predicted molar refractivity (Wildman–Crippen MR) is 122 cm³/mol. The van der Waals surface area contributed by atoms with Crippen LogP contribution in [-0.2, 0) is 53.7 Å². The molecule has 160 valence electrons. The summed E-state index contributed by atoms with van der Waals surface area (Å²) in [6.07, 6.45) is 1.80. The van der Waals surface area contributed by atoms with E-state index >= 15 is 0 Å². The molecular weight excluding hydrogens is 620 g/mol. The van der Waals surface area contributed by atoms with Crippen LogP contribution in [0.25, 0.3) is 22.1 Å². The van der Waals surface area contributed by atoms with E-state index in [1.807, 2.05) is 48.5 Å². The zero-order valence-electron chi connectivity index (χ0n) is 14.7. The third kappa shape index (κ3) is 8.38. The summed E-state index contributed by atoms with van der Waals surface area (Å²) in [5.74, 6) is 3.71. The third-order valence-corrected chi connectivity index (χ3v) is 4.02. The maximum Gasteiger partial charge on any atom is 0.108 e. The number of hydrogen-bond donors (Lipinski definition) is 4. The SMILES string of the molecule is Cl.Cl.SCCc1nc2ccccc2[nH]1.SCCc1nc2ccccc2[nH]1.[Pd].[Pd]. The second-order valence-corrected chi connectivity index (χ2v) is 6.24. The largest absolute Gasteiger partial charge is 0.342 e. The van der Waals surface area contributed by atoms with Gasteiger partial charge in [0, 0.05) is 53.7 Å². The minimum absolute atomic E-state index is 0. The number of aromatic amines is 2. The summed E-state index contributed by atoms with van der Waals surface area (Å²) in [4.78, 5) is 15.3. The Kier molecular flexibility index (Phi) is 17.0. The molecule has 10 heteroatoms. The number of thiol groups is 2. The quantitative estimate of drug-likeness (QED) is 0.189. The van der Waals surface area contributed by atoms with Crippen LogP contribution in [0.2, 0.25) is 0 Å². The molecule has 0 bridgehead atoms. The van der Waals surface area contributed by atoms with Crippen molar-refractivity contribution in [3.8, 4) is 0 Å². The fourth-order valence-electron chi connectivity index (χ4n) is 2.46. The summed E-state index contributed by atoms with van der Waals surface area (Å²) in [7, 11) is 0. The molecule has 0 radical (unpaired) electrons. The number of hydrogen-bond acceptors (Lipinski definition) is 4. The van der Waals surface area contributed by atoms with Gasteiger partial charge in [0.2, 0.25) is 0 Å². The first kappa shape index (κ1) is 30.2. The topological polar surface area (TPSA) is 57.4 Å². The minimum atomic E-state index is 0. The molecule has 4 nitrogen and oxygen atoms in total. The number of halogens is 2. The number of nitrogens with one attached hydrogen (secondary N) is 2. The number of H-pyrrole nitrogens is 2. The smallest absolute Gasteiger partial charge is 0.108 e. The van der Waals surface area contributed by atoms with Gasteiger partial charge in [-0.05, 0) is 35.8 Å². The molecule has 0 saturated carbocycles. The molecule has 2 aromatic carbocycles. The van der Waals surface area contributed by atoms with Gasteiger partial charge in [0.05, 0.1) is 22.1 Å². The summed E-state index contributed by atoms with van der Waals surface area (Å²) in [5, 5.41) is 0. The van der Waals surface area contributed by atoms with Crippen molar-refractivity contribution in [1.82, 2.24) is 19.9 Å². The van der Waals surface area contributed by atoms with Crippen molar-refractivity contribution in [3.05, 3.63) is 60.2 Å². The van der Waals surface area contributed by atoms with Crippen LogP contribution in [0.4, 0.5) is 0 Å². The molecule has 0 atom stereocenters. The third-order valence-electron chi connectivity index (χ3n) is 3.57. The number of imidazole rings is 2. The molecule has 2 heterocycles. The molecule has 0 saturated heterocycles. The van der Waals surface area contributed by atoms with E-state index in [0.29, 0.717) is 0 Å². The molecule has 0 aliphatic heterocycles. The van der Waals surface area contributed by atoms with Gasteiger partial charge in [0.15, 0.2) is 0 Å². The van der Waals surface area contributed by atoms with E-state index in [0.717, 1.165) is 58.1 Å². The summed E-state index contributed by atoms with van der Waals surface area (Å²) < 4.78 is 0. The van der Waals surface area contributed by atoms with Crippen molar-refractivity contribution >= 4 is 72.1 Å². The molecule has 28 heavy (non-hydrogen) atoms. The monoisotopic (exact) mass is 640 g/mol. The van der Waals surface area contributed by atoms with Gasteiger partial charge in [0.25, 0.3) is 0 Å². The van der Waals surface area contributed by atoms with Crippen molar-refractivity contribution in [3.63, 3.8) is 0 Å². The molecule has 2 N–H and O–H groups in total. The number of para-hydroxylation sites is 4. The van der Waals surface area contributed by atoms with Crippen LogP contribution in [0.15, 0.2) is 48.5 Å². The van der Waals surface area contributed by atoms with Crippen molar-refractivity contribution < 1.29 is 40.8 Å². The predicted octanol–water partition coefficient (Wildman–Crippen LogP) is 4.91. The molecule has 0 aliphatic rings. The second-order valence-electron chi connectivity index (χ2n) is 5.35. The molecular formula is C18H22Cl2N4Pd2S2. The van der Waals surface area contributed by atoms with Crippen LogP contribution in [0.1, 0.15) is 11.6 Å². The van der Waals surface area contributed by atoms with E-state index in [4.69, 9.17) is 0 Å². The number of benzene rings is 2. The number of rotatable bonds is 4. The summed E-state index contributed by atoms with van der Waals surface area (Å²) >= 11 is 8.31. The molecule has 0 unspecified atom stereocenters. The standard InChI is InChI=1S/2C9H10N2S.2ClH.2Pd/c2*12-6-5-9-10-7-3-1-2-4-8(7)11-9;;;;/h2*1-4,12H,5-6H2,(H,10,11);2*1H;;. The Balaban J connectivity index is 0.